The first-order valence-corrected chi connectivity index (χ1v) is 7.76. The number of benzene rings is 2. The Kier molecular flexibility index (Phi) is 5.87. The van der Waals surface area contributed by atoms with Crippen LogP contribution in [0.4, 0.5) is 5.69 Å². The maximum absolute atomic E-state index is 12.4. The van der Waals surface area contributed by atoms with Crippen molar-refractivity contribution in [3.8, 4) is 11.5 Å². The highest BCUT2D eigenvalue weighted by Crippen LogP contribution is 2.37. The molecule has 0 bridgehead atoms. The van der Waals surface area contributed by atoms with Gasteiger partial charge in [-0.25, -0.2) is 0 Å². The van der Waals surface area contributed by atoms with Crippen LogP contribution in [-0.4, -0.2) is 20.1 Å². The fourth-order valence-corrected chi connectivity index (χ4v) is 2.74. The lowest BCUT2D eigenvalue weighted by molar-refractivity contribution is 0.102. The van der Waals surface area contributed by atoms with Gasteiger partial charge in [-0.05, 0) is 24.3 Å². The summed E-state index contributed by atoms with van der Waals surface area (Å²) in [7, 11) is 2.91. The van der Waals surface area contributed by atoms with Crippen LogP contribution in [0.1, 0.15) is 10.4 Å². The van der Waals surface area contributed by atoms with Crippen molar-refractivity contribution in [2.75, 3.05) is 19.5 Å². The molecule has 1 amide bonds. The molecule has 4 nitrogen and oxygen atoms in total. The van der Waals surface area contributed by atoms with E-state index in [2.05, 4.69) is 5.32 Å². The zero-order valence-electron chi connectivity index (χ0n) is 12.0. The third kappa shape index (κ3) is 3.96. The highest BCUT2D eigenvalue weighted by Gasteiger charge is 2.16. The molecule has 0 fully saturated rings. The molecule has 2 aromatic rings. The second-order valence-corrected chi connectivity index (χ2v) is 6.02. The summed E-state index contributed by atoms with van der Waals surface area (Å²) in [6, 6.07) is 5.88. The molecule has 0 spiro atoms. The minimum atomic E-state index is -0.437. The molecule has 2 aromatic carbocycles. The predicted octanol–water partition coefficient (Wildman–Crippen LogP) is 5.57. The Hall–Kier alpha value is -1.33. The molecule has 0 aliphatic rings. The van der Waals surface area contributed by atoms with Gasteiger partial charge >= 0.3 is 0 Å². The van der Waals surface area contributed by atoms with Crippen LogP contribution in [0.15, 0.2) is 24.3 Å². The molecule has 2 rings (SSSR count). The van der Waals surface area contributed by atoms with Crippen molar-refractivity contribution < 1.29 is 14.3 Å². The van der Waals surface area contributed by atoms with Crippen molar-refractivity contribution in [2.24, 2.45) is 0 Å². The van der Waals surface area contributed by atoms with Crippen LogP contribution in [0.5, 0.6) is 11.5 Å². The first-order valence-electron chi connectivity index (χ1n) is 6.24. The molecule has 0 radical (unpaired) electrons. The minimum absolute atomic E-state index is 0.247. The molecule has 0 aromatic heterocycles. The van der Waals surface area contributed by atoms with E-state index in [4.69, 9.17) is 55.9 Å². The minimum Gasteiger partial charge on any atom is -0.493 e. The number of carbonyl (C=O) groups excluding carboxylic acids is 1. The average Bonchev–Trinajstić information content (AvgIpc) is 2.51. The first kappa shape index (κ1) is 18.0. The molecular weight excluding hydrogens is 384 g/mol. The van der Waals surface area contributed by atoms with E-state index in [9.17, 15) is 4.79 Å². The molecule has 0 aliphatic carbocycles. The average molecular weight is 395 g/mol. The van der Waals surface area contributed by atoms with E-state index >= 15 is 0 Å². The predicted molar refractivity (Wildman–Crippen MR) is 94.0 cm³/mol. The van der Waals surface area contributed by atoms with E-state index in [0.29, 0.717) is 22.2 Å². The van der Waals surface area contributed by atoms with Gasteiger partial charge in [0.05, 0.1) is 40.0 Å². The van der Waals surface area contributed by atoms with Gasteiger partial charge < -0.3 is 14.8 Å². The summed E-state index contributed by atoms with van der Waals surface area (Å²) in [5.41, 5.74) is 0.603. The Morgan fingerprint density at radius 1 is 0.870 bits per heavy atom. The van der Waals surface area contributed by atoms with E-state index in [-0.39, 0.29) is 20.6 Å². The van der Waals surface area contributed by atoms with Gasteiger partial charge in [0.1, 0.15) is 0 Å². The quantitative estimate of drug-likeness (QED) is 0.689. The van der Waals surface area contributed by atoms with Crippen LogP contribution >= 0.6 is 46.4 Å². The Balaban J connectivity index is 2.35. The zero-order valence-corrected chi connectivity index (χ0v) is 15.1. The van der Waals surface area contributed by atoms with Gasteiger partial charge in [0.2, 0.25) is 0 Å². The third-order valence-electron chi connectivity index (χ3n) is 2.95. The standard InChI is InChI=1S/C15H11Cl4NO3/c1-22-13-4-7(3-11(19)14(13)23-2)15(21)20-12-6-9(17)8(16)5-10(12)18/h3-6H,1-2H3,(H,20,21). The second kappa shape index (κ2) is 7.49. The summed E-state index contributed by atoms with van der Waals surface area (Å²) < 4.78 is 10.3. The van der Waals surface area contributed by atoms with Crippen molar-refractivity contribution in [1.82, 2.24) is 0 Å². The molecule has 122 valence electrons. The Labute approximate surface area is 153 Å². The van der Waals surface area contributed by atoms with Crippen molar-refractivity contribution in [1.29, 1.82) is 0 Å². The smallest absolute Gasteiger partial charge is 0.255 e. The van der Waals surface area contributed by atoms with Crippen LogP contribution in [0.2, 0.25) is 20.1 Å². The van der Waals surface area contributed by atoms with Crippen LogP contribution in [0.3, 0.4) is 0 Å². The maximum Gasteiger partial charge on any atom is 0.255 e. The fourth-order valence-electron chi connectivity index (χ4n) is 1.86. The van der Waals surface area contributed by atoms with Gasteiger partial charge in [-0.2, -0.15) is 0 Å². The van der Waals surface area contributed by atoms with Crippen molar-refractivity contribution >= 4 is 58.0 Å². The summed E-state index contributed by atoms with van der Waals surface area (Å²) in [6.07, 6.45) is 0. The molecular formula is C15H11Cl4NO3. The number of anilines is 1. The largest absolute Gasteiger partial charge is 0.493 e. The van der Waals surface area contributed by atoms with Crippen LogP contribution in [0.25, 0.3) is 0 Å². The van der Waals surface area contributed by atoms with Gasteiger partial charge in [-0.1, -0.05) is 46.4 Å². The van der Waals surface area contributed by atoms with E-state index in [1.165, 1.54) is 38.5 Å². The Bertz CT molecular complexity index is 765. The van der Waals surface area contributed by atoms with Gasteiger partial charge in [-0.3, -0.25) is 4.79 Å². The summed E-state index contributed by atoms with van der Waals surface area (Å²) in [6.45, 7) is 0. The monoisotopic (exact) mass is 393 g/mol. The highest BCUT2D eigenvalue weighted by molar-refractivity contribution is 6.44. The molecule has 0 heterocycles. The molecule has 1 N–H and O–H groups in total. The van der Waals surface area contributed by atoms with Gasteiger partial charge in [0.25, 0.3) is 5.91 Å². The van der Waals surface area contributed by atoms with Crippen molar-refractivity contribution in [2.45, 2.75) is 0 Å². The number of ether oxygens (including phenoxy) is 2. The lowest BCUT2D eigenvalue weighted by atomic mass is 10.1. The Morgan fingerprint density at radius 2 is 1.52 bits per heavy atom. The normalized spacial score (nSPS) is 10.3. The number of methoxy groups -OCH3 is 2. The third-order valence-corrected chi connectivity index (χ3v) is 4.27. The summed E-state index contributed by atoms with van der Waals surface area (Å²) in [5.74, 6) is 0.247. The first-order chi connectivity index (χ1) is 10.9. The molecule has 0 unspecified atom stereocenters. The summed E-state index contributed by atoms with van der Waals surface area (Å²) in [4.78, 5) is 12.4. The van der Waals surface area contributed by atoms with Crippen LogP contribution in [-0.2, 0) is 0 Å². The second-order valence-electron chi connectivity index (χ2n) is 4.39. The van der Waals surface area contributed by atoms with E-state index in [1.807, 2.05) is 0 Å². The van der Waals surface area contributed by atoms with Crippen LogP contribution in [0, 0.1) is 0 Å². The van der Waals surface area contributed by atoms with Gasteiger partial charge in [0.15, 0.2) is 11.5 Å². The SMILES string of the molecule is COc1cc(C(=O)Nc2cc(Cl)c(Cl)cc2Cl)cc(Cl)c1OC. The van der Waals surface area contributed by atoms with Crippen molar-refractivity contribution in [3.05, 3.63) is 49.9 Å². The fraction of sp³-hybridized carbons (Fsp3) is 0.133. The number of rotatable bonds is 4. The van der Waals surface area contributed by atoms with E-state index in [0.717, 1.165) is 0 Å². The number of amides is 1. The summed E-state index contributed by atoms with van der Waals surface area (Å²) in [5, 5.41) is 3.72. The van der Waals surface area contributed by atoms with Gasteiger partial charge in [-0.15, -0.1) is 0 Å². The molecule has 0 saturated carbocycles. The van der Waals surface area contributed by atoms with E-state index in [1.54, 1.807) is 0 Å². The summed E-state index contributed by atoms with van der Waals surface area (Å²) >= 11 is 23.9. The molecule has 8 heteroatoms. The Morgan fingerprint density at radius 3 is 2.13 bits per heavy atom. The molecule has 0 saturated heterocycles. The number of nitrogens with one attached hydrogen (secondary N) is 1. The molecule has 0 atom stereocenters. The number of hydrogen-bond donors (Lipinski definition) is 1. The lowest BCUT2D eigenvalue weighted by Crippen LogP contribution is -2.12. The number of carbonyl (C=O) groups is 1. The lowest BCUT2D eigenvalue weighted by Gasteiger charge is -2.13. The maximum atomic E-state index is 12.4. The molecule has 0 aliphatic heterocycles. The number of hydrogen-bond acceptors (Lipinski definition) is 3. The van der Waals surface area contributed by atoms with E-state index < -0.39 is 5.91 Å². The van der Waals surface area contributed by atoms with Crippen LogP contribution < -0.4 is 14.8 Å². The topological polar surface area (TPSA) is 47.6 Å². The molecule has 23 heavy (non-hydrogen) atoms. The van der Waals surface area contributed by atoms with Crippen molar-refractivity contribution in [3.63, 3.8) is 0 Å². The zero-order chi connectivity index (χ0) is 17.1. The van der Waals surface area contributed by atoms with Gasteiger partial charge in [0, 0.05) is 5.56 Å². The highest BCUT2D eigenvalue weighted by atomic mass is 35.5. The number of halogens is 4.